The van der Waals surface area contributed by atoms with Crippen molar-refractivity contribution >= 4 is 15.9 Å². The molecule has 0 bridgehead atoms. The van der Waals surface area contributed by atoms with Crippen molar-refractivity contribution < 1.29 is 12.8 Å². The Balaban J connectivity index is 1.88. The van der Waals surface area contributed by atoms with Crippen molar-refractivity contribution in [2.45, 2.75) is 32.2 Å². The second-order valence-electron chi connectivity index (χ2n) is 5.42. The molecular formula is C14H22FN3O2S. The zero-order valence-corrected chi connectivity index (χ0v) is 13.2. The molecule has 0 atom stereocenters. The van der Waals surface area contributed by atoms with Gasteiger partial charge in [0.15, 0.2) is 0 Å². The summed E-state index contributed by atoms with van der Waals surface area (Å²) < 4.78 is 41.5. The van der Waals surface area contributed by atoms with E-state index in [0.29, 0.717) is 18.2 Å². The molecule has 1 aromatic carbocycles. The third-order valence-corrected chi connectivity index (χ3v) is 5.06. The van der Waals surface area contributed by atoms with Gasteiger partial charge in [-0.05, 0) is 44.9 Å². The third-order valence-electron chi connectivity index (χ3n) is 3.58. The van der Waals surface area contributed by atoms with Gasteiger partial charge < -0.3 is 5.32 Å². The summed E-state index contributed by atoms with van der Waals surface area (Å²) in [6.45, 7) is 2.78. The van der Waals surface area contributed by atoms with Crippen LogP contribution in [0.5, 0.6) is 0 Å². The highest BCUT2D eigenvalue weighted by Gasteiger charge is 2.21. The third kappa shape index (κ3) is 4.66. The van der Waals surface area contributed by atoms with Crippen LogP contribution in [0.15, 0.2) is 18.2 Å². The summed E-state index contributed by atoms with van der Waals surface area (Å²) in [4.78, 5) is 0. The van der Waals surface area contributed by atoms with Gasteiger partial charge >= 0.3 is 10.2 Å². The fourth-order valence-corrected chi connectivity index (χ4v) is 2.97. The van der Waals surface area contributed by atoms with Gasteiger partial charge in [-0.15, -0.1) is 0 Å². The molecule has 1 aliphatic rings. The molecule has 0 saturated heterocycles. The molecule has 1 aromatic rings. The van der Waals surface area contributed by atoms with Gasteiger partial charge in [0.05, 0.1) is 5.69 Å². The molecular weight excluding hydrogens is 293 g/mol. The van der Waals surface area contributed by atoms with E-state index in [-0.39, 0.29) is 5.69 Å². The first-order chi connectivity index (χ1) is 9.90. The van der Waals surface area contributed by atoms with Crippen molar-refractivity contribution in [2.75, 3.05) is 24.9 Å². The highest BCUT2D eigenvalue weighted by atomic mass is 32.2. The Labute approximate surface area is 125 Å². The monoisotopic (exact) mass is 315 g/mol. The maximum atomic E-state index is 13.4. The molecule has 1 fully saturated rings. The predicted molar refractivity (Wildman–Crippen MR) is 82.0 cm³/mol. The lowest BCUT2D eigenvalue weighted by molar-refractivity contribution is 0.457. The van der Waals surface area contributed by atoms with E-state index in [9.17, 15) is 12.8 Å². The minimum atomic E-state index is -3.65. The van der Waals surface area contributed by atoms with Crippen LogP contribution in [0.4, 0.5) is 10.1 Å². The number of benzene rings is 1. The van der Waals surface area contributed by atoms with Crippen LogP contribution in [0, 0.1) is 12.7 Å². The minimum absolute atomic E-state index is 0.276. The van der Waals surface area contributed by atoms with Crippen LogP contribution in [0.1, 0.15) is 24.8 Å². The average molecular weight is 315 g/mol. The summed E-state index contributed by atoms with van der Waals surface area (Å²) in [7, 11) is -2.13. The molecule has 7 heteroatoms. The van der Waals surface area contributed by atoms with Gasteiger partial charge in [-0.1, -0.05) is 6.07 Å². The summed E-state index contributed by atoms with van der Waals surface area (Å²) in [6.07, 6.45) is 3.18. The SMILES string of the molecule is Cc1c(F)cccc1NS(=O)(=O)N(C)CCCNC1CC1. The van der Waals surface area contributed by atoms with E-state index in [1.807, 2.05) is 0 Å². The molecule has 0 amide bonds. The standard InChI is InChI=1S/C14H22FN3O2S/c1-11-13(15)5-3-6-14(11)17-21(19,20)18(2)10-4-9-16-12-7-8-12/h3,5-6,12,16-17H,4,7-10H2,1-2H3. The predicted octanol–water partition coefficient (Wildman–Crippen LogP) is 1.86. The molecule has 0 heterocycles. The molecule has 118 valence electrons. The maximum Gasteiger partial charge on any atom is 0.301 e. The van der Waals surface area contributed by atoms with E-state index in [1.54, 1.807) is 13.0 Å². The van der Waals surface area contributed by atoms with E-state index < -0.39 is 16.0 Å². The Morgan fingerprint density at radius 1 is 1.38 bits per heavy atom. The van der Waals surface area contributed by atoms with Gasteiger partial charge in [-0.3, -0.25) is 4.72 Å². The fraction of sp³-hybridized carbons (Fsp3) is 0.571. The zero-order chi connectivity index (χ0) is 15.5. The summed E-state index contributed by atoms with van der Waals surface area (Å²) in [5.41, 5.74) is 0.572. The van der Waals surface area contributed by atoms with Gasteiger partial charge in [0.25, 0.3) is 0 Å². The molecule has 1 saturated carbocycles. The largest absolute Gasteiger partial charge is 0.314 e. The molecule has 5 nitrogen and oxygen atoms in total. The first-order valence-corrected chi connectivity index (χ1v) is 8.57. The highest BCUT2D eigenvalue weighted by Crippen LogP contribution is 2.20. The van der Waals surface area contributed by atoms with Crippen molar-refractivity contribution in [2.24, 2.45) is 0 Å². The summed E-state index contributed by atoms with van der Waals surface area (Å²) in [6, 6.07) is 4.97. The fourth-order valence-electron chi connectivity index (χ4n) is 1.95. The van der Waals surface area contributed by atoms with Gasteiger partial charge in [-0.2, -0.15) is 12.7 Å². The Morgan fingerprint density at radius 2 is 2.10 bits per heavy atom. The highest BCUT2D eigenvalue weighted by molar-refractivity contribution is 7.90. The van der Waals surface area contributed by atoms with Crippen LogP contribution >= 0.6 is 0 Å². The molecule has 21 heavy (non-hydrogen) atoms. The summed E-state index contributed by atoms with van der Waals surface area (Å²) in [5, 5.41) is 3.34. The van der Waals surface area contributed by atoms with Crippen molar-refractivity contribution in [1.29, 1.82) is 0 Å². The Hall–Kier alpha value is -1.18. The van der Waals surface area contributed by atoms with Gasteiger partial charge in [-0.25, -0.2) is 4.39 Å². The zero-order valence-electron chi connectivity index (χ0n) is 12.4. The number of anilines is 1. The van der Waals surface area contributed by atoms with Crippen molar-refractivity contribution in [1.82, 2.24) is 9.62 Å². The molecule has 0 radical (unpaired) electrons. The quantitative estimate of drug-likeness (QED) is 0.720. The maximum absolute atomic E-state index is 13.4. The van der Waals surface area contributed by atoms with Gasteiger partial charge in [0.2, 0.25) is 0 Å². The molecule has 0 spiro atoms. The Morgan fingerprint density at radius 3 is 2.76 bits per heavy atom. The van der Waals surface area contributed by atoms with Gasteiger partial charge in [0, 0.05) is 25.2 Å². The minimum Gasteiger partial charge on any atom is -0.314 e. The smallest absolute Gasteiger partial charge is 0.301 e. The van der Waals surface area contributed by atoms with E-state index in [2.05, 4.69) is 10.0 Å². The van der Waals surface area contributed by atoms with Crippen molar-refractivity contribution in [3.8, 4) is 0 Å². The molecule has 2 rings (SSSR count). The van der Waals surface area contributed by atoms with E-state index in [0.717, 1.165) is 13.0 Å². The van der Waals surface area contributed by atoms with Crippen LogP contribution < -0.4 is 10.0 Å². The second kappa shape index (κ2) is 6.72. The molecule has 2 N–H and O–H groups in total. The topological polar surface area (TPSA) is 61.4 Å². The van der Waals surface area contributed by atoms with Gasteiger partial charge in [0.1, 0.15) is 5.82 Å². The molecule has 0 unspecified atom stereocenters. The van der Waals surface area contributed by atoms with E-state index in [1.165, 1.54) is 36.3 Å². The average Bonchev–Trinajstić information content (AvgIpc) is 3.23. The van der Waals surface area contributed by atoms with Crippen LogP contribution in [-0.2, 0) is 10.2 Å². The van der Waals surface area contributed by atoms with Crippen molar-refractivity contribution in [3.63, 3.8) is 0 Å². The molecule has 0 aliphatic heterocycles. The number of nitrogens with one attached hydrogen (secondary N) is 2. The summed E-state index contributed by atoms with van der Waals surface area (Å²) >= 11 is 0. The summed E-state index contributed by atoms with van der Waals surface area (Å²) in [5.74, 6) is -0.425. The lowest BCUT2D eigenvalue weighted by Crippen LogP contribution is -2.34. The lowest BCUT2D eigenvalue weighted by Gasteiger charge is -2.19. The van der Waals surface area contributed by atoms with Crippen molar-refractivity contribution in [3.05, 3.63) is 29.6 Å². The lowest BCUT2D eigenvalue weighted by atomic mass is 10.2. The van der Waals surface area contributed by atoms with E-state index in [4.69, 9.17) is 0 Å². The Kier molecular flexibility index (Phi) is 5.18. The van der Waals surface area contributed by atoms with Crippen LogP contribution in [0.25, 0.3) is 0 Å². The molecule has 0 aromatic heterocycles. The van der Waals surface area contributed by atoms with Crippen LogP contribution in [0.3, 0.4) is 0 Å². The number of hydrogen-bond acceptors (Lipinski definition) is 3. The first kappa shape index (κ1) is 16.2. The second-order valence-corrected chi connectivity index (χ2v) is 7.20. The number of halogens is 1. The normalized spacial score (nSPS) is 15.4. The van der Waals surface area contributed by atoms with E-state index >= 15 is 0 Å². The Bertz CT molecular complexity index is 588. The number of nitrogens with zero attached hydrogens (tertiary/aromatic N) is 1. The first-order valence-electron chi connectivity index (χ1n) is 7.13. The van der Waals surface area contributed by atoms with Crippen LogP contribution in [0.2, 0.25) is 0 Å². The van der Waals surface area contributed by atoms with Crippen LogP contribution in [-0.4, -0.2) is 38.9 Å². The molecule has 1 aliphatic carbocycles. The number of hydrogen-bond donors (Lipinski definition) is 2. The number of rotatable bonds is 8.